The van der Waals surface area contributed by atoms with Crippen LogP contribution in [0.5, 0.6) is 0 Å². The highest BCUT2D eigenvalue weighted by atomic mass is 32.2. The highest BCUT2D eigenvalue weighted by molar-refractivity contribution is 7.99. The number of aromatic nitrogens is 4. The number of amides is 1. The van der Waals surface area contributed by atoms with Gasteiger partial charge in [0.15, 0.2) is 11.0 Å². The number of carbonyl (C=O) groups is 1. The van der Waals surface area contributed by atoms with Crippen molar-refractivity contribution in [2.75, 3.05) is 24.7 Å². The van der Waals surface area contributed by atoms with E-state index < -0.39 is 0 Å². The van der Waals surface area contributed by atoms with Crippen molar-refractivity contribution in [2.45, 2.75) is 18.2 Å². The molecule has 0 saturated heterocycles. The van der Waals surface area contributed by atoms with E-state index in [4.69, 9.17) is 0 Å². The molecular weight excluding hydrogens is 432 g/mol. The molecule has 0 bridgehead atoms. The van der Waals surface area contributed by atoms with Gasteiger partial charge in [0.05, 0.1) is 12.3 Å². The van der Waals surface area contributed by atoms with Crippen LogP contribution in [-0.2, 0) is 17.9 Å². The Morgan fingerprint density at radius 1 is 0.939 bits per heavy atom. The zero-order chi connectivity index (χ0) is 23.0. The van der Waals surface area contributed by atoms with Gasteiger partial charge in [0.25, 0.3) is 0 Å². The fourth-order valence-corrected chi connectivity index (χ4v) is 4.08. The number of pyridine rings is 1. The van der Waals surface area contributed by atoms with Crippen LogP contribution in [0.2, 0.25) is 0 Å². The molecule has 0 aliphatic carbocycles. The average Bonchev–Trinajstić information content (AvgIpc) is 3.25. The predicted molar refractivity (Wildman–Crippen MR) is 132 cm³/mol. The van der Waals surface area contributed by atoms with Gasteiger partial charge < -0.3 is 10.2 Å². The van der Waals surface area contributed by atoms with E-state index in [1.54, 1.807) is 12.4 Å². The normalized spacial score (nSPS) is 10.7. The summed E-state index contributed by atoms with van der Waals surface area (Å²) < 4.78 is 2.04. The maximum absolute atomic E-state index is 12.5. The second-order valence-electron chi connectivity index (χ2n) is 7.74. The molecule has 0 unspecified atom stereocenters. The quantitative estimate of drug-likeness (QED) is 0.384. The maximum atomic E-state index is 12.5. The lowest BCUT2D eigenvalue weighted by Crippen LogP contribution is -2.24. The number of benzene rings is 2. The van der Waals surface area contributed by atoms with E-state index in [9.17, 15) is 4.79 Å². The van der Waals surface area contributed by atoms with Crippen molar-refractivity contribution in [3.8, 4) is 11.4 Å². The molecule has 0 aliphatic heterocycles. The van der Waals surface area contributed by atoms with Crippen LogP contribution >= 0.6 is 11.8 Å². The molecule has 8 heteroatoms. The fourth-order valence-electron chi connectivity index (χ4n) is 3.31. The highest BCUT2D eigenvalue weighted by Gasteiger charge is 2.16. The van der Waals surface area contributed by atoms with E-state index in [1.165, 1.54) is 11.8 Å². The highest BCUT2D eigenvalue weighted by Crippen LogP contribution is 2.25. The van der Waals surface area contributed by atoms with Crippen molar-refractivity contribution in [1.82, 2.24) is 25.1 Å². The molecule has 2 aromatic carbocycles. The van der Waals surface area contributed by atoms with Gasteiger partial charge in [-0.1, -0.05) is 54.2 Å². The van der Waals surface area contributed by atoms with E-state index in [1.807, 2.05) is 78.2 Å². The van der Waals surface area contributed by atoms with E-state index in [2.05, 4.69) is 32.6 Å². The summed E-state index contributed by atoms with van der Waals surface area (Å²) in [5.41, 5.74) is 4.26. The zero-order valence-electron chi connectivity index (χ0n) is 18.7. The Labute approximate surface area is 197 Å². The summed E-state index contributed by atoms with van der Waals surface area (Å²) in [6.07, 6.45) is 3.48. The van der Waals surface area contributed by atoms with Gasteiger partial charge in [-0.3, -0.25) is 14.3 Å². The second-order valence-corrected chi connectivity index (χ2v) is 8.68. The zero-order valence-corrected chi connectivity index (χ0v) is 19.5. The first-order valence-electron chi connectivity index (χ1n) is 10.6. The molecule has 4 rings (SSSR count). The van der Waals surface area contributed by atoms with Crippen molar-refractivity contribution in [3.05, 3.63) is 90.3 Å². The minimum absolute atomic E-state index is 0.0450. The summed E-state index contributed by atoms with van der Waals surface area (Å²) in [5.74, 6) is 0.973. The molecule has 1 amide bonds. The van der Waals surface area contributed by atoms with Gasteiger partial charge in [-0.15, -0.1) is 10.2 Å². The first kappa shape index (κ1) is 22.5. The summed E-state index contributed by atoms with van der Waals surface area (Å²) in [6.45, 7) is 1.11. The lowest BCUT2D eigenvalue weighted by Gasteiger charge is -2.13. The van der Waals surface area contributed by atoms with Gasteiger partial charge in [0, 0.05) is 44.3 Å². The third-order valence-corrected chi connectivity index (χ3v) is 6.08. The molecular formula is C25H26N6OS. The van der Waals surface area contributed by atoms with Crippen LogP contribution < -0.4 is 10.2 Å². The van der Waals surface area contributed by atoms with Gasteiger partial charge in [0.1, 0.15) is 0 Å². The van der Waals surface area contributed by atoms with Crippen LogP contribution in [0.4, 0.5) is 5.69 Å². The molecule has 0 spiro atoms. The number of nitrogens with one attached hydrogen (secondary N) is 1. The van der Waals surface area contributed by atoms with Crippen LogP contribution in [0.25, 0.3) is 11.4 Å². The van der Waals surface area contributed by atoms with Crippen molar-refractivity contribution in [3.63, 3.8) is 0 Å². The van der Waals surface area contributed by atoms with Gasteiger partial charge in [-0.05, 0) is 35.4 Å². The molecule has 4 aromatic rings. The molecule has 0 fully saturated rings. The van der Waals surface area contributed by atoms with Crippen LogP contribution in [0.15, 0.2) is 84.3 Å². The molecule has 0 saturated carbocycles. The standard InChI is InChI=1S/C25H26N6OS/c1-30(2)22-10-8-19(9-11-22)16-27-23(32)18-33-25-29-28-24(21-12-14-26-15-13-21)31(25)17-20-6-4-3-5-7-20/h3-15H,16-18H2,1-2H3,(H,27,32). The number of nitrogens with zero attached hydrogens (tertiary/aromatic N) is 5. The Morgan fingerprint density at radius 2 is 1.67 bits per heavy atom. The average molecular weight is 459 g/mol. The van der Waals surface area contributed by atoms with Crippen LogP contribution in [0, 0.1) is 0 Å². The number of carbonyl (C=O) groups excluding carboxylic acids is 1. The van der Waals surface area contributed by atoms with E-state index in [0.29, 0.717) is 18.2 Å². The third-order valence-electron chi connectivity index (χ3n) is 5.11. The van der Waals surface area contributed by atoms with E-state index >= 15 is 0 Å². The molecule has 2 aromatic heterocycles. The molecule has 2 heterocycles. The van der Waals surface area contributed by atoms with Crippen molar-refractivity contribution >= 4 is 23.4 Å². The summed E-state index contributed by atoms with van der Waals surface area (Å²) >= 11 is 1.39. The molecule has 168 valence electrons. The van der Waals surface area contributed by atoms with E-state index in [0.717, 1.165) is 28.2 Å². The molecule has 0 atom stereocenters. The summed E-state index contributed by atoms with van der Waals surface area (Å²) in [6, 6.07) is 22.1. The van der Waals surface area contributed by atoms with Crippen LogP contribution in [0.1, 0.15) is 11.1 Å². The van der Waals surface area contributed by atoms with Gasteiger partial charge in [0.2, 0.25) is 5.91 Å². The van der Waals surface area contributed by atoms with Crippen LogP contribution in [0.3, 0.4) is 0 Å². The number of thioether (sulfide) groups is 1. The number of rotatable bonds is 9. The second kappa shape index (κ2) is 10.8. The molecule has 0 radical (unpaired) electrons. The number of hydrogen-bond donors (Lipinski definition) is 1. The van der Waals surface area contributed by atoms with Gasteiger partial charge >= 0.3 is 0 Å². The Kier molecular flexibility index (Phi) is 7.36. The maximum Gasteiger partial charge on any atom is 0.230 e. The fraction of sp³-hybridized carbons (Fsp3) is 0.200. The first-order valence-corrected chi connectivity index (χ1v) is 11.6. The third kappa shape index (κ3) is 5.98. The largest absolute Gasteiger partial charge is 0.378 e. The Balaban J connectivity index is 1.42. The number of hydrogen-bond acceptors (Lipinski definition) is 6. The Hall–Kier alpha value is -3.65. The lowest BCUT2D eigenvalue weighted by atomic mass is 10.2. The first-order chi connectivity index (χ1) is 16.1. The molecule has 33 heavy (non-hydrogen) atoms. The van der Waals surface area contributed by atoms with Gasteiger partial charge in [-0.25, -0.2) is 0 Å². The molecule has 1 N–H and O–H groups in total. The smallest absolute Gasteiger partial charge is 0.230 e. The topological polar surface area (TPSA) is 75.9 Å². The minimum atomic E-state index is -0.0450. The Morgan fingerprint density at radius 3 is 2.36 bits per heavy atom. The van der Waals surface area contributed by atoms with Crippen molar-refractivity contribution < 1.29 is 4.79 Å². The lowest BCUT2D eigenvalue weighted by molar-refractivity contribution is -0.118. The Bertz CT molecular complexity index is 1180. The predicted octanol–water partition coefficient (Wildman–Crippen LogP) is 3.86. The SMILES string of the molecule is CN(C)c1ccc(CNC(=O)CSc2nnc(-c3ccncc3)n2Cc2ccccc2)cc1. The van der Waals surface area contributed by atoms with Crippen molar-refractivity contribution in [1.29, 1.82) is 0 Å². The summed E-state index contributed by atoms with van der Waals surface area (Å²) in [5, 5.41) is 12.5. The molecule has 7 nitrogen and oxygen atoms in total. The summed E-state index contributed by atoms with van der Waals surface area (Å²) in [7, 11) is 4.01. The van der Waals surface area contributed by atoms with Crippen LogP contribution in [-0.4, -0.2) is 45.5 Å². The monoisotopic (exact) mass is 458 g/mol. The molecule has 0 aliphatic rings. The minimum Gasteiger partial charge on any atom is -0.378 e. The number of anilines is 1. The van der Waals surface area contributed by atoms with E-state index in [-0.39, 0.29) is 11.7 Å². The van der Waals surface area contributed by atoms with Gasteiger partial charge in [-0.2, -0.15) is 0 Å². The summed E-state index contributed by atoms with van der Waals surface area (Å²) in [4.78, 5) is 18.6. The van der Waals surface area contributed by atoms with Crippen molar-refractivity contribution in [2.24, 2.45) is 0 Å².